The van der Waals surface area contributed by atoms with E-state index in [1.54, 1.807) is 0 Å². The molecule has 5 aromatic rings. The molecule has 1 atom stereocenters. The molecule has 4 aromatic heterocycles. The van der Waals surface area contributed by atoms with Crippen LogP contribution in [0.4, 0.5) is 17.5 Å². The van der Waals surface area contributed by atoms with Gasteiger partial charge >= 0.3 is 0 Å². The third kappa shape index (κ3) is 3.75. The van der Waals surface area contributed by atoms with Crippen LogP contribution in [0.5, 0.6) is 0 Å². The number of benzene rings is 1. The van der Waals surface area contributed by atoms with Gasteiger partial charge in [0, 0.05) is 35.8 Å². The highest BCUT2D eigenvalue weighted by Crippen LogP contribution is 2.33. The Morgan fingerprint density at radius 2 is 1.97 bits per heavy atom. The molecule has 0 aliphatic carbocycles. The first-order valence-corrected chi connectivity index (χ1v) is 11.3. The summed E-state index contributed by atoms with van der Waals surface area (Å²) in [5.41, 5.74) is 11.7. The first-order chi connectivity index (χ1) is 16.6. The molecule has 1 aromatic carbocycles. The van der Waals surface area contributed by atoms with Crippen LogP contribution in [0.1, 0.15) is 12.1 Å². The van der Waals surface area contributed by atoms with E-state index in [1.165, 1.54) is 0 Å². The van der Waals surface area contributed by atoms with Crippen molar-refractivity contribution >= 4 is 28.4 Å². The summed E-state index contributed by atoms with van der Waals surface area (Å²) >= 11 is 0. The van der Waals surface area contributed by atoms with Gasteiger partial charge in [-0.3, -0.25) is 15.2 Å². The van der Waals surface area contributed by atoms with Gasteiger partial charge in [-0.2, -0.15) is 10.2 Å². The maximum absolute atomic E-state index is 6.07. The number of aromatic amines is 2. The van der Waals surface area contributed by atoms with Crippen LogP contribution in [-0.4, -0.2) is 49.5 Å². The second kappa shape index (κ2) is 8.27. The predicted molar refractivity (Wildman–Crippen MR) is 134 cm³/mol. The minimum atomic E-state index is 0.204. The largest absolute Gasteiger partial charge is 0.355 e. The van der Waals surface area contributed by atoms with Crippen LogP contribution in [0.15, 0.2) is 60.8 Å². The van der Waals surface area contributed by atoms with E-state index in [-0.39, 0.29) is 6.04 Å². The molecule has 9 nitrogen and oxygen atoms in total. The van der Waals surface area contributed by atoms with E-state index in [0.717, 1.165) is 76.1 Å². The smallest absolute Gasteiger partial charge is 0.161 e. The Labute approximate surface area is 196 Å². The SMILES string of the molecule is Cc1cccc(-c2[nH]ncc2-c2ccc3[nH]nc(Nc4cccc(N5CCC(N)C5)n4)c3c2)n1. The minimum Gasteiger partial charge on any atom is -0.355 e. The zero-order valence-corrected chi connectivity index (χ0v) is 18.8. The van der Waals surface area contributed by atoms with Crippen LogP contribution >= 0.6 is 0 Å². The summed E-state index contributed by atoms with van der Waals surface area (Å²) in [6.45, 7) is 3.74. The molecule has 0 saturated carbocycles. The van der Waals surface area contributed by atoms with Crippen LogP contribution < -0.4 is 16.0 Å². The number of nitrogens with two attached hydrogens (primary N) is 1. The van der Waals surface area contributed by atoms with E-state index in [0.29, 0.717) is 0 Å². The molecule has 0 spiro atoms. The molecule has 0 bridgehead atoms. The van der Waals surface area contributed by atoms with Crippen molar-refractivity contribution in [2.75, 3.05) is 23.3 Å². The molecule has 9 heteroatoms. The summed E-state index contributed by atoms with van der Waals surface area (Å²) in [7, 11) is 0. The number of hydrogen-bond donors (Lipinski definition) is 4. The van der Waals surface area contributed by atoms with Crippen LogP contribution in [0.3, 0.4) is 0 Å². The number of fused-ring (bicyclic) bond motifs is 1. The van der Waals surface area contributed by atoms with Crippen LogP contribution in [0.25, 0.3) is 33.4 Å². The predicted octanol–water partition coefficient (Wildman–Crippen LogP) is 4.00. The summed E-state index contributed by atoms with van der Waals surface area (Å²) in [5, 5.41) is 19.3. The summed E-state index contributed by atoms with van der Waals surface area (Å²) in [6, 6.07) is 18.3. The molecule has 5 N–H and O–H groups in total. The summed E-state index contributed by atoms with van der Waals surface area (Å²) in [4.78, 5) is 11.7. The van der Waals surface area contributed by atoms with Gasteiger partial charge in [-0.05, 0) is 55.3 Å². The second-order valence-corrected chi connectivity index (χ2v) is 8.66. The lowest BCUT2D eigenvalue weighted by molar-refractivity contribution is 0.751. The molecule has 0 amide bonds. The average molecular weight is 452 g/mol. The topological polar surface area (TPSA) is 124 Å². The molecule has 1 unspecified atom stereocenters. The minimum absolute atomic E-state index is 0.204. The van der Waals surface area contributed by atoms with E-state index in [9.17, 15) is 0 Å². The van der Waals surface area contributed by atoms with Crippen molar-refractivity contribution in [3.63, 3.8) is 0 Å². The van der Waals surface area contributed by atoms with Crippen LogP contribution in [-0.2, 0) is 0 Å². The third-order valence-corrected chi connectivity index (χ3v) is 6.19. The fraction of sp³-hybridized carbons (Fsp3) is 0.200. The fourth-order valence-electron chi connectivity index (χ4n) is 4.45. The lowest BCUT2D eigenvalue weighted by Gasteiger charge is -2.17. The van der Waals surface area contributed by atoms with E-state index in [1.807, 2.05) is 55.6 Å². The summed E-state index contributed by atoms with van der Waals surface area (Å²) < 4.78 is 0. The Balaban J connectivity index is 1.33. The van der Waals surface area contributed by atoms with Gasteiger partial charge < -0.3 is 16.0 Å². The molecule has 1 aliphatic heterocycles. The highest BCUT2D eigenvalue weighted by atomic mass is 15.2. The van der Waals surface area contributed by atoms with E-state index < -0.39 is 0 Å². The zero-order valence-electron chi connectivity index (χ0n) is 18.8. The molecule has 34 heavy (non-hydrogen) atoms. The molecule has 0 radical (unpaired) electrons. The lowest BCUT2D eigenvalue weighted by Crippen LogP contribution is -2.26. The maximum atomic E-state index is 6.07. The lowest BCUT2D eigenvalue weighted by atomic mass is 10.0. The monoisotopic (exact) mass is 451 g/mol. The van der Waals surface area contributed by atoms with Crippen molar-refractivity contribution in [2.24, 2.45) is 5.73 Å². The van der Waals surface area contributed by atoms with Gasteiger partial charge in [-0.25, -0.2) is 4.98 Å². The van der Waals surface area contributed by atoms with Gasteiger partial charge in [0.2, 0.25) is 0 Å². The highest BCUT2D eigenvalue weighted by molar-refractivity contribution is 5.95. The second-order valence-electron chi connectivity index (χ2n) is 8.66. The Morgan fingerprint density at radius 3 is 2.82 bits per heavy atom. The number of H-pyrrole nitrogens is 2. The fourth-order valence-corrected chi connectivity index (χ4v) is 4.45. The van der Waals surface area contributed by atoms with Crippen molar-refractivity contribution in [3.8, 4) is 22.5 Å². The van der Waals surface area contributed by atoms with Gasteiger partial charge in [0.25, 0.3) is 0 Å². The maximum Gasteiger partial charge on any atom is 0.161 e. The summed E-state index contributed by atoms with van der Waals surface area (Å²) in [6.07, 6.45) is 2.82. The number of aromatic nitrogens is 6. The van der Waals surface area contributed by atoms with Crippen molar-refractivity contribution in [1.82, 2.24) is 30.4 Å². The normalized spacial score (nSPS) is 15.8. The molecular formula is C25H25N9. The quantitative estimate of drug-likeness (QED) is 0.318. The number of nitrogens with one attached hydrogen (secondary N) is 3. The Hall–Kier alpha value is -4.24. The van der Waals surface area contributed by atoms with E-state index in [2.05, 4.69) is 47.7 Å². The highest BCUT2D eigenvalue weighted by Gasteiger charge is 2.20. The van der Waals surface area contributed by atoms with Crippen molar-refractivity contribution < 1.29 is 0 Å². The Bertz CT molecular complexity index is 1470. The number of pyridine rings is 2. The number of anilines is 3. The third-order valence-electron chi connectivity index (χ3n) is 6.19. The van der Waals surface area contributed by atoms with Gasteiger partial charge in [0.05, 0.1) is 23.1 Å². The number of rotatable bonds is 5. The van der Waals surface area contributed by atoms with Crippen molar-refractivity contribution in [2.45, 2.75) is 19.4 Å². The van der Waals surface area contributed by atoms with Gasteiger partial charge in [0.1, 0.15) is 11.6 Å². The molecular weight excluding hydrogens is 426 g/mol. The van der Waals surface area contributed by atoms with Crippen LogP contribution in [0, 0.1) is 6.92 Å². The van der Waals surface area contributed by atoms with E-state index in [4.69, 9.17) is 10.7 Å². The van der Waals surface area contributed by atoms with Gasteiger partial charge in [-0.15, -0.1) is 0 Å². The standard InChI is InChI=1S/C25H25N9/c1-15-4-2-5-21(28-15)24-19(13-27-32-24)16-8-9-20-18(12-16)25(33-31-20)30-22-6-3-7-23(29-22)34-11-10-17(26)14-34/h2-9,12-13,17H,10-11,14,26H2,1H3,(H,27,32)(H2,29,30,31,33). The zero-order chi connectivity index (χ0) is 23.1. The van der Waals surface area contributed by atoms with Gasteiger partial charge in [-0.1, -0.05) is 18.2 Å². The molecule has 1 fully saturated rings. The number of aryl methyl sites for hydroxylation is 1. The van der Waals surface area contributed by atoms with Crippen molar-refractivity contribution in [3.05, 3.63) is 66.5 Å². The average Bonchev–Trinajstić information content (AvgIpc) is 3.59. The Kier molecular flexibility index (Phi) is 4.96. The summed E-state index contributed by atoms with van der Waals surface area (Å²) in [5.74, 6) is 2.38. The Morgan fingerprint density at radius 1 is 1.06 bits per heavy atom. The molecule has 5 heterocycles. The first kappa shape index (κ1) is 20.4. The first-order valence-electron chi connectivity index (χ1n) is 11.3. The number of nitrogens with zero attached hydrogens (tertiary/aromatic N) is 5. The molecule has 1 aliphatic rings. The van der Waals surface area contributed by atoms with Crippen molar-refractivity contribution in [1.29, 1.82) is 0 Å². The molecule has 170 valence electrons. The van der Waals surface area contributed by atoms with Crippen LogP contribution in [0.2, 0.25) is 0 Å². The van der Waals surface area contributed by atoms with Gasteiger partial charge in [0.15, 0.2) is 5.82 Å². The molecule has 1 saturated heterocycles. The van der Waals surface area contributed by atoms with E-state index >= 15 is 0 Å². The number of hydrogen-bond acceptors (Lipinski definition) is 7. The molecule has 6 rings (SSSR count).